The van der Waals surface area contributed by atoms with Gasteiger partial charge in [-0.25, -0.2) is 13.8 Å². The molecule has 1 heterocycles. The molecule has 0 amide bonds. The van der Waals surface area contributed by atoms with Crippen molar-refractivity contribution in [2.24, 2.45) is 0 Å². The first-order chi connectivity index (χ1) is 17.9. The molecule has 0 radical (unpaired) electrons. The van der Waals surface area contributed by atoms with Gasteiger partial charge in [0.25, 0.3) is 0 Å². The second kappa shape index (κ2) is 10.6. The molecule has 192 valence electrons. The van der Waals surface area contributed by atoms with Crippen LogP contribution in [0.1, 0.15) is 35.4 Å². The van der Waals surface area contributed by atoms with Gasteiger partial charge in [0.1, 0.15) is 17.3 Å². The van der Waals surface area contributed by atoms with Crippen LogP contribution < -0.4 is 9.47 Å². The lowest BCUT2D eigenvalue weighted by molar-refractivity contribution is 0.354. The molecule has 1 aliphatic rings. The highest BCUT2D eigenvalue weighted by atomic mass is 35.5. The number of benzene rings is 3. The first kappa shape index (κ1) is 25.9. The SMILES string of the molecule is COc1ccc([C@]2([SH2+])CCCc3nc(SCc4c(F)cccc4Cl)n(-c4ccc(F)cc4)c32)cc1OC. The highest BCUT2D eigenvalue weighted by molar-refractivity contribution is 7.98. The Hall–Kier alpha value is -2.68. The molecule has 9 heteroatoms. The van der Waals surface area contributed by atoms with Crippen molar-refractivity contribution in [1.29, 1.82) is 0 Å². The molecule has 0 N–H and O–H groups in total. The van der Waals surface area contributed by atoms with Crippen LogP contribution in [0.4, 0.5) is 8.78 Å². The zero-order valence-corrected chi connectivity index (χ0v) is 22.9. The molecule has 0 fully saturated rings. The van der Waals surface area contributed by atoms with Crippen molar-refractivity contribution in [1.82, 2.24) is 9.55 Å². The monoisotopic (exact) mass is 559 g/mol. The van der Waals surface area contributed by atoms with Gasteiger partial charge in [-0.15, -0.1) is 0 Å². The van der Waals surface area contributed by atoms with Crippen LogP contribution in [0.3, 0.4) is 0 Å². The van der Waals surface area contributed by atoms with Gasteiger partial charge >= 0.3 is 0 Å². The molecule has 0 saturated carbocycles. The van der Waals surface area contributed by atoms with Crippen LogP contribution in [0.25, 0.3) is 5.69 Å². The van der Waals surface area contributed by atoms with Crippen LogP contribution in [-0.4, -0.2) is 23.8 Å². The Morgan fingerprint density at radius 3 is 2.51 bits per heavy atom. The van der Waals surface area contributed by atoms with E-state index in [0.717, 1.165) is 41.9 Å². The molecule has 1 aliphatic carbocycles. The number of methoxy groups -OCH3 is 2. The van der Waals surface area contributed by atoms with Gasteiger partial charge in [-0.2, -0.15) is 0 Å². The maximum Gasteiger partial charge on any atom is 0.190 e. The number of thioether (sulfide) groups is 1. The van der Waals surface area contributed by atoms with Crippen LogP contribution in [0.2, 0.25) is 5.02 Å². The number of aromatic nitrogens is 2. The average Bonchev–Trinajstić information content (AvgIpc) is 3.28. The number of rotatable bonds is 7. The summed E-state index contributed by atoms with van der Waals surface area (Å²) in [4.78, 5) is 5.00. The molecule has 4 aromatic rings. The molecule has 1 aromatic heterocycles. The predicted octanol–water partition coefficient (Wildman–Crippen LogP) is 6.70. The Morgan fingerprint density at radius 1 is 1.05 bits per heavy atom. The third kappa shape index (κ3) is 4.82. The summed E-state index contributed by atoms with van der Waals surface area (Å²) in [6.45, 7) is 0. The summed E-state index contributed by atoms with van der Waals surface area (Å²) in [6.07, 6.45) is 2.51. The molecule has 0 saturated heterocycles. The number of imidazole rings is 1. The first-order valence-electron chi connectivity index (χ1n) is 11.8. The highest BCUT2D eigenvalue weighted by Gasteiger charge is 2.46. The Bertz CT molecular complexity index is 1420. The largest absolute Gasteiger partial charge is 0.493 e. The van der Waals surface area contributed by atoms with Crippen molar-refractivity contribution < 1.29 is 18.3 Å². The van der Waals surface area contributed by atoms with Gasteiger partial charge in [-0.1, -0.05) is 29.4 Å². The van der Waals surface area contributed by atoms with Crippen molar-refractivity contribution in [3.05, 3.63) is 99.8 Å². The fourth-order valence-electron chi connectivity index (χ4n) is 4.81. The van der Waals surface area contributed by atoms with E-state index in [1.54, 1.807) is 38.5 Å². The molecule has 4 nitrogen and oxygen atoms in total. The highest BCUT2D eigenvalue weighted by Crippen LogP contribution is 2.46. The smallest absolute Gasteiger partial charge is 0.190 e. The summed E-state index contributed by atoms with van der Waals surface area (Å²) in [5.41, 5.74) is 4.06. The van der Waals surface area contributed by atoms with E-state index in [1.807, 2.05) is 22.8 Å². The number of hydrogen-bond donors (Lipinski definition) is 0. The normalized spacial score (nSPS) is 16.9. The Morgan fingerprint density at radius 2 is 1.81 bits per heavy atom. The summed E-state index contributed by atoms with van der Waals surface area (Å²) in [6, 6.07) is 16.9. The average molecular weight is 560 g/mol. The van der Waals surface area contributed by atoms with E-state index >= 15 is 0 Å². The number of nitrogens with zero attached hydrogens (tertiary/aromatic N) is 2. The van der Waals surface area contributed by atoms with E-state index in [2.05, 4.69) is 12.6 Å². The van der Waals surface area contributed by atoms with Crippen LogP contribution in [0.15, 0.2) is 65.8 Å². The molecule has 3 aromatic carbocycles. The lowest BCUT2D eigenvalue weighted by atomic mass is 9.83. The molecule has 1 atom stereocenters. The molecule has 5 rings (SSSR count). The summed E-state index contributed by atoms with van der Waals surface area (Å²) >= 11 is 11.9. The third-order valence-electron chi connectivity index (χ3n) is 6.66. The topological polar surface area (TPSA) is 36.3 Å². The lowest BCUT2D eigenvalue weighted by Crippen LogP contribution is -2.32. The zero-order valence-electron chi connectivity index (χ0n) is 20.4. The van der Waals surface area contributed by atoms with E-state index in [4.69, 9.17) is 26.1 Å². The van der Waals surface area contributed by atoms with E-state index in [9.17, 15) is 8.78 Å². The second-order valence-electron chi connectivity index (χ2n) is 8.82. The fourth-order valence-corrected chi connectivity index (χ4v) is 6.77. The van der Waals surface area contributed by atoms with Crippen molar-refractivity contribution in [3.63, 3.8) is 0 Å². The van der Waals surface area contributed by atoms with Crippen LogP contribution in [0.5, 0.6) is 11.5 Å². The quantitative estimate of drug-likeness (QED) is 0.186. The fraction of sp³-hybridized carbons (Fsp3) is 0.250. The van der Waals surface area contributed by atoms with Gasteiger partial charge in [0.15, 0.2) is 21.4 Å². The van der Waals surface area contributed by atoms with Crippen LogP contribution in [0, 0.1) is 11.6 Å². The standard InChI is InChI=1S/C28H25ClF2N2O2S2/c1-34-24-13-8-17(15-25(24)35-2)28(36)14-4-7-23-26(28)33(19-11-9-18(30)10-12-19)27(32-23)37-16-20-21(29)5-3-6-22(20)31/h3,5-6,8-13,15,36H,4,7,14,16H2,1-2H3/p+1/t28-/m1/s1. The van der Waals surface area contributed by atoms with E-state index in [0.29, 0.717) is 33.0 Å². The Labute approximate surface area is 229 Å². The van der Waals surface area contributed by atoms with Gasteiger partial charge in [-0.05, 0) is 80.1 Å². The minimum atomic E-state index is -0.594. The maximum absolute atomic E-state index is 14.5. The van der Waals surface area contributed by atoms with Crippen LogP contribution in [-0.2, 0) is 29.5 Å². The number of hydrogen-bond acceptors (Lipinski definition) is 4. The Kier molecular flexibility index (Phi) is 7.43. The van der Waals surface area contributed by atoms with E-state index in [1.165, 1.54) is 30.0 Å². The van der Waals surface area contributed by atoms with E-state index in [-0.39, 0.29) is 11.6 Å². The van der Waals surface area contributed by atoms with Gasteiger partial charge < -0.3 is 9.47 Å². The van der Waals surface area contributed by atoms with Crippen molar-refractivity contribution >= 4 is 36.0 Å². The predicted molar refractivity (Wildman–Crippen MR) is 148 cm³/mol. The summed E-state index contributed by atoms with van der Waals surface area (Å²) in [5, 5.41) is 1.05. The number of aryl methyl sites for hydroxylation is 1. The lowest BCUT2D eigenvalue weighted by Gasteiger charge is -2.30. The van der Waals surface area contributed by atoms with Crippen LogP contribution >= 0.6 is 23.4 Å². The number of fused-ring (bicyclic) bond motifs is 1. The molecule has 37 heavy (non-hydrogen) atoms. The van der Waals surface area contributed by atoms with E-state index < -0.39 is 4.75 Å². The molecular formula is C28H26ClF2N2O2S2+. The first-order valence-corrected chi connectivity index (χ1v) is 13.6. The number of halogens is 3. The molecule has 0 spiro atoms. The van der Waals surface area contributed by atoms with Crippen molar-refractivity contribution in [2.75, 3.05) is 14.2 Å². The maximum atomic E-state index is 14.5. The van der Waals surface area contributed by atoms with Crippen molar-refractivity contribution in [3.8, 4) is 17.2 Å². The molecule has 0 aliphatic heterocycles. The summed E-state index contributed by atoms with van der Waals surface area (Å²) in [7, 11) is 3.22. The molecular weight excluding hydrogens is 534 g/mol. The van der Waals surface area contributed by atoms with Gasteiger partial charge in [0, 0.05) is 34.0 Å². The third-order valence-corrected chi connectivity index (χ3v) is 8.75. The van der Waals surface area contributed by atoms with Gasteiger partial charge in [0.2, 0.25) is 0 Å². The summed E-state index contributed by atoms with van der Waals surface area (Å²) < 4.78 is 40.9. The number of ether oxygens (including phenoxy) is 2. The van der Waals surface area contributed by atoms with Gasteiger partial charge in [-0.3, -0.25) is 4.57 Å². The van der Waals surface area contributed by atoms with Crippen molar-refractivity contribution in [2.45, 2.75) is 34.9 Å². The van der Waals surface area contributed by atoms with Gasteiger partial charge in [0.05, 0.1) is 19.9 Å². The molecule has 0 unspecified atom stereocenters. The minimum absolute atomic E-state index is 0.299. The minimum Gasteiger partial charge on any atom is -0.493 e. The summed E-state index contributed by atoms with van der Waals surface area (Å²) in [5.74, 6) is 0.885. The Balaban J connectivity index is 1.66. The molecule has 0 bridgehead atoms. The second-order valence-corrected chi connectivity index (χ2v) is 11.0. The zero-order chi connectivity index (χ0) is 26.2.